The van der Waals surface area contributed by atoms with Crippen molar-refractivity contribution >= 4 is 104 Å². The van der Waals surface area contributed by atoms with E-state index in [0.717, 1.165) is 56.2 Å². The SMILES string of the molecule is CC(C)c1ccc(N(c2ccccc2)c2ccc3c(c2)sc2c3c3cc(-c4ccccc4)cc4c5c6cccc(N(c7ccccc7)c7ccc(C(C)C)cc7)c6oc5n2c43)cc1. The highest BCUT2D eigenvalue weighted by atomic mass is 32.1. The van der Waals surface area contributed by atoms with E-state index < -0.39 is 0 Å². The average Bonchev–Trinajstić information content (AvgIpc) is 4.06. The minimum absolute atomic E-state index is 0.446. The molecule has 0 aliphatic rings. The van der Waals surface area contributed by atoms with Crippen LogP contribution in [0.4, 0.5) is 34.1 Å². The molecule has 0 saturated carbocycles. The van der Waals surface area contributed by atoms with Crippen molar-refractivity contribution in [3.8, 4) is 11.1 Å². The van der Waals surface area contributed by atoms with Crippen LogP contribution in [-0.2, 0) is 0 Å². The van der Waals surface area contributed by atoms with Gasteiger partial charge in [0.2, 0.25) is 5.71 Å². The molecule has 63 heavy (non-hydrogen) atoms. The third-order valence-electron chi connectivity index (χ3n) is 12.9. The Labute approximate surface area is 370 Å². The number of nitrogens with zero attached hydrogens (tertiary/aromatic N) is 3. The van der Waals surface area contributed by atoms with Crippen LogP contribution in [-0.4, -0.2) is 4.40 Å². The largest absolute Gasteiger partial charge is 0.437 e. The number of benzene rings is 8. The van der Waals surface area contributed by atoms with E-state index in [0.29, 0.717) is 11.8 Å². The van der Waals surface area contributed by atoms with Gasteiger partial charge in [0.05, 0.1) is 16.6 Å². The molecule has 5 heteroatoms. The zero-order chi connectivity index (χ0) is 42.3. The maximum absolute atomic E-state index is 7.33. The first-order valence-electron chi connectivity index (χ1n) is 22.0. The predicted molar refractivity (Wildman–Crippen MR) is 269 cm³/mol. The Kier molecular flexibility index (Phi) is 8.70. The predicted octanol–water partition coefficient (Wildman–Crippen LogP) is 17.7. The zero-order valence-electron chi connectivity index (χ0n) is 35.7. The summed E-state index contributed by atoms with van der Waals surface area (Å²) in [5.74, 6) is 0.913. The summed E-state index contributed by atoms with van der Waals surface area (Å²) >= 11 is 1.85. The van der Waals surface area contributed by atoms with Gasteiger partial charge < -0.3 is 14.2 Å². The number of hydrogen-bond acceptors (Lipinski definition) is 4. The van der Waals surface area contributed by atoms with E-state index in [1.807, 2.05) is 11.3 Å². The lowest BCUT2D eigenvalue weighted by Crippen LogP contribution is -2.10. The van der Waals surface area contributed by atoms with Crippen molar-refractivity contribution in [3.63, 3.8) is 0 Å². The number of anilines is 6. The van der Waals surface area contributed by atoms with E-state index >= 15 is 0 Å². The molecule has 0 radical (unpaired) electrons. The zero-order valence-corrected chi connectivity index (χ0v) is 36.5. The van der Waals surface area contributed by atoms with Crippen LogP contribution < -0.4 is 9.80 Å². The van der Waals surface area contributed by atoms with Crippen molar-refractivity contribution in [1.29, 1.82) is 0 Å². The van der Waals surface area contributed by atoms with Crippen LogP contribution in [0.25, 0.3) is 69.8 Å². The molecule has 0 fully saturated rings. The maximum Gasteiger partial charge on any atom is 0.214 e. The molecule has 8 aromatic carbocycles. The molecule has 4 aromatic heterocycles. The first kappa shape index (κ1) is 37.4. The first-order valence-corrected chi connectivity index (χ1v) is 22.8. The summed E-state index contributed by atoms with van der Waals surface area (Å²) in [6.45, 7) is 8.98. The summed E-state index contributed by atoms with van der Waals surface area (Å²) < 4.78 is 11.0. The minimum atomic E-state index is 0.446. The molecule has 0 bridgehead atoms. The molecule has 0 amide bonds. The summed E-state index contributed by atoms with van der Waals surface area (Å²) in [7, 11) is 0. The van der Waals surface area contributed by atoms with E-state index in [1.165, 1.54) is 58.8 Å². The summed E-state index contributed by atoms with van der Waals surface area (Å²) in [5.41, 5.74) is 14.6. The molecule has 12 rings (SSSR count). The molecular weight excluding hydrogens is 787 g/mol. The van der Waals surface area contributed by atoms with Gasteiger partial charge in [0.1, 0.15) is 4.83 Å². The number of hydrogen-bond donors (Lipinski definition) is 0. The average molecular weight is 832 g/mol. The van der Waals surface area contributed by atoms with Gasteiger partial charge in [-0.05, 0) is 113 Å². The molecule has 0 spiro atoms. The Balaban J connectivity index is 1.12. The first-order chi connectivity index (χ1) is 30.9. The number of furan rings is 1. The third kappa shape index (κ3) is 5.95. The normalized spacial score (nSPS) is 12.1. The lowest BCUT2D eigenvalue weighted by molar-refractivity contribution is 0.652. The topological polar surface area (TPSA) is 24.0 Å². The van der Waals surface area contributed by atoms with Gasteiger partial charge >= 0.3 is 0 Å². The van der Waals surface area contributed by atoms with Crippen molar-refractivity contribution in [1.82, 2.24) is 4.40 Å². The second-order valence-electron chi connectivity index (χ2n) is 17.4. The fourth-order valence-electron chi connectivity index (χ4n) is 9.71. The van der Waals surface area contributed by atoms with Crippen LogP contribution in [0.15, 0.2) is 192 Å². The Bertz CT molecular complexity index is 3600. The molecule has 4 nitrogen and oxygen atoms in total. The summed E-state index contributed by atoms with van der Waals surface area (Å²) in [5, 5.41) is 7.23. The van der Waals surface area contributed by atoms with Crippen LogP contribution in [0.3, 0.4) is 0 Å². The molecule has 304 valence electrons. The van der Waals surface area contributed by atoms with Crippen molar-refractivity contribution in [2.75, 3.05) is 9.80 Å². The van der Waals surface area contributed by atoms with E-state index in [2.05, 4.69) is 230 Å². The van der Waals surface area contributed by atoms with E-state index in [9.17, 15) is 0 Å². The highest BCUT2D eigenvalue weighted by Crippen LogP contribution is 2.52. The molecule has 0 unspecified atom stereocenters. The van der Waals surface area contributed by atoms with Crippen molar-refractivity contribution in [2.24, 2.45) is 0 Å². The Hall–Kier alpha value is -7.34. The highest BCUT2D eigenvalue weighted by molar-refractivity contribution is 7.25. The highest BCUT2D eigenvalue weighted by Gasteiger charge is 2.28. The maximum atomic E-state index is 7.33. The van der Waals surface area contributed by atoms with Gasteiger partial charge in [0.25, 0.3) is 0 Å². The number of para-hydroxylation sites is 3. The lowest BCUT2D eigenvalue weighted by atomic mass is 9.98. The fourth-order valence-corrected chi connectivity index (χ4v) is 11.0. The van der Waals surface area contributed by atoms with Crippen molar-refractivity contribution < 1.29 is 4.42 Å². The number of thiophene rings is 1. The third-order valence-corrected chi connectivity index (χ3v) is 14.0. The van der Waals surface area contributed by atoms with Crippen LogP contribution in [0.1, 0.15) is 50.7 Å². The van der Waals surface area contributed by atoms with Crippen molar-refractivity contribution in [3.05, 3.63) is 199 Å². The van der Waals surface area contributed by atoms with Gasteiger partial charge in [-0.2, -0.15) is 0 Å². The van der Waals surface area contributed by atoms with E-state index in [1.54, 1.807) is 0 Å². The van der Waals surface area contributed by atoms with Crippen LogP contribution in [0, 0.1) is 0 Å². The fraction of sp³-hybridized carbons (Fsp3) is 0.103. The van der Waals surface area contributed by atoms with Crippen LogP contribution in [0.2, 0.25) is 0 Å². The van der Waals surface area contributed by atoms with E-state index in [4.69, 9.17) is 4.42 Å². The minimum Gasteiger partial charge on any atom is -0.437 e. The number of rotatable bonds is 9. The van der Waals surface area contributed by atoms with Gasteiger partial charge in [-0.15, -0.1) is 11.3 Å². The second-order valence-corrected chi connectivity index (χ2v) is 18.4. The van der Waals surface area contributed by atoms with E-state index in [-0.39, 0.29) is 0 Å². The van der Waals surface area contributed by atoms with Crippen molar-refractivity contribution in [2.45, 2.75) is 39.5 Å². The molecule has 0 atom stereocenters. The van der Waals surface area contributed by atoms with Gasteiger partial charge in [0, 0.05) is 60.1 Å². The second kappa shape index (κ2) is 14.6. The Morgan fingerprint density at radius 2 is 0.984 bits per heavy atom. The lowest BCUT2D eigenvalue weighted by Gasteiger charge is -2.26. The van der Waals surface area contributed by atoms with Gasteiger partial charge in [-0.1, -0.05) is 137 Å². The monoisotopic (exact) mass is 831 g/mol. The Morgan fingerprint density at radius 1 is 0.444 bits per heavy atom. The number of fused-ring (bicyclic) bond motifs is 10. The molecular formula is C58H45N3OS. The van der Waals surface area contributed by atoms with Gasteiger partial charge in [-0.25, -0.2) is 0 Å². The smallest absolute Gasteiger partial charge is 0.214 e. The molecule has 0 aliphatic carbocycles. The summed E-state index contributed by atoms with van der Waals surface area (Å²) in [6, 6.07) is 68.6. The molecule has 4 heterocycles. The number of aromatic nitrogens is 1. The van der Waals surface area contributed by atoms with Crippen LogP contribution >= 0.6 is 11.3 Å². The van der Waals surface area contributed by atoms with Gasteiger partial charge in [-0.3, -0.25) is 4.40 Å². The Morgan fingerprint density at radius 3 is 1.60 bits per heavy atom. The molecule has 0 aliphatic heterocycles. The molecule has 12 aromatic rings. The standard InChI is InChI=1S/C58H45N3OS/c1-36(2)38-23-27-44(28-24-38)59(42-17-10-6-11-18-42)46-31-32-47-52(35-46)63-58-54(47)50-34-41(40-15-8-5-9-16-40)33-49-53-48-21-14-22-51(56(48)62-57(53)61(58)55(49)50)60(43-19-12-7-13-20-43)45-29-25-39(26-30-45)37(3)4/h5-37H,1-4H3. The molecule has 0 saturated heterocycles. The molecule has 0 N–H and O–H groups in total. The van der Waals surface area contributed by atoms with Gasteiger partial charge in [0.15, 0.2) is 5.58 Å². The van der Waals surface area contributed by atoms with Crippen LogP contribution in [0.5, 0.6) is 0 Å². The quantitative estimate of drug-likeness (QED) is 0.145. The summed E-state index contributed by atoms with van der Waals surface area (Å²) in [4.78, 5) is 5.90. The summed E-state index contributed by atoms with van der Waals surface area (Å²) in [6.07, 6.45) is 0.